The first-order valence-electron chi connectivity index (χ1n) is 5.83. The van der Waals surface area contributed by atoms with Gasteiger partial charge in [0.05, 0.1) is 15.2 Å². The summed E-state index contributed by atoms with van der Waals surface area (Å²) < 4.78 is 1.32. The van der Waals surface area contributed by atoms with Gasteiger partial charge in [-0.25, -0.2) is 4.98 Å². The molecule has 3 rings (SSSR count). The van der Waals surface area contributed by atoms with Gasteiger partial charge in [0.1, 0.15) is 0 Å². The van der Waals surface area contributed by atoms with Gasteiger partial charge in [0.15, 0.2) is 0 Å². The van der Waals surface area contributed by atoms with E-state index >= 15 is 0 Å². The minimum absolute atomic E-state index is 0.666. The molecule has 16 heavy (non-hydrogen) atoms. The van der Waals surface area contributed by atoms with Gasteiger partial charge in [0.2, 0.25) is 0 Å². The summed E-state index contributed by atoms with van der Waals surface area (Å²) in [4.78, 5) is 7.22. The minimum atomic E-state index is 0.666. The Balaban J connectivity index is 1.81. The lowest BCUT2D eigenvalue weighted by Gasteiger charge is -2.41. The number of rotatable bonds is 2. The molecule has 0 unspecified atom stereocenters. The van der Waals surface area contributed by atoms with E-state index in [1.54, 1.807) is 0 Å². The van der Waals surface area contributed by atoms with Gasteiger partial charge in [-0.3, -0.25) is 4.90 Å². The normalized spacial score (nSPS) is 18.2. The van der Waals surface area contributed by atoms with E-state index in [1.165, 1.54) is 22.8 Å². The number of hydrogen-bond acceptors (Lipinski definition) is 3. The number of nitrogens with zero attached hydrogens (tertiary/aromatic N) is 2. The number of para-hydroxylation sites is 1. The summed E-state index contributed by atoms with van der Waals surface area (Å²) in [5, 5.41) is 1.32. The molecule has 1 aromatic carbocycles. The number of fused-ring (bicyclic) bond motifs is 1. The van der Waals surface area contributed by atoms with Crippen molar-refractivity contribution in [3.8, 4) is 0 Å². The Morgan fingerprint density at radius 2 is 2.06 bits per heavy atom. The molecule has 1 fully saturated rings. The molecule has 0 amide bonds. The first-order chi connectivity index (χ1) is 7.74. The predicted octanol–water partition coefficient (Wildman–Crippen LogP) is 3.10. The summed E-state index contributed by atoms with van der Waals surface area (Å²) in [6.07, 6.45) is 0. The molecule has 1 aliphatic rings. The van der Waals surface area contributed by atoms with Crippen molar-refractivity contribution in [2.75, 3.05) is 13.1 Å². The molecule has 0 N–H and O–H groups in total. The predicted molar refractivity (Wildman–Crippen MR) is 69.1 cm³/mol. The Morgan fingerprint density at radius 3 is 2.75 bits per heavy atom. The first kappa shape index (κ1) is 10.2. The van der Waals surface area contributed by atoms with Crippen LogP contribution in [-0.2, 0) is 0 Å². The number of hydrogen-bond donors (Lipinski definition) is 0. The maximum atomic E-state index is 4.72. The maximum Gasteiger partial charge on any atom is 0.0995 e. The molecule has 2 aromatic rings. The molecule has 0 radical (unpaired) electrons. The van der Waals surface area contributed by atoms with Crippen LogP contribution in [0.3, 0.4) is 0 Å². The molecule has 0 atom stereocenters. The number of thiazole rings is 1. The molecule has 0 bridgehead atoms. The Hall–Kier alpha value is -0.930. The molecule has 1 aliphatic heterocycles. The largest absolute Gasteiger partial charge is 0.299 e. The lowest BCUT2D eigenvalue weighted by molar-refractivity contribution is 0.110. The van der Waals surface area contributed by atoms with E-state index in [-0.39, 0.29) is 0 Å². The summed E-state index contributed by atoms with van der Waals surface area (Å²) in [7, 11) is 0. The molecule has 3 heteroatoms. The van der Waals surface area contributed by atoms with Gasteiger partial charge in [-0.1, -0.05) is 12.1 Å². The molecule has 2 heterocycles. The fourth-order valence-electron chi connectivity index (χ4n) is 2.16. The average molecular weight is 232 g/mol. The molecular formula is C13H16N2S. The highest BCUT2D eigenvalue weighted by Gasteiger charge is 2.31. The van der Waals surface area contributed by atoms with E-state index < -0.39 is 0 Å². The third-order valence-electron chi connectivity index (χ3n) is 3.30. The lowest BCUT2D eigenvalue weighted by atomic mass is 9.99. The van der Waals surface area contributed by atoms with Crippen molar-refractivity contribution < 1.29 is 0 Å². The topological polar surface area (TPSA) is 16.1 Å². The minimum Gasteiger partial charge on any atom is -0.299 e. The highest BCUT2D eigenvalue weighted by atomic mass is 32.1. The van der Waals surface area contributed by atoms with E-state index in [4.69, 9.17) is 4.98 Å². The van der Waals surface area contributed by atoms with Crippen LogP contribution in [0.4, 0.5) is 0 Å². The van der Waals surface area contributed by atoms with Gasteiger partial charge >= 0.3 is 0 Å². The van der Waals surface area contributed by atoms with Crippen molar-refractivity contribution in [3.63, 3.8) is 0 Å². The second-order valence-corrected chi connectivity index (χ2v) is 5.83. The first-order valence-corrected chi connectivity index (χ1v) is 6.65. The molecule has 2 nitrogen and oxygen atoms in total. The monoisotopic (exact) mass is 232 g/mol. The summed E-state index contributed by atoms with van der Waals surface area (Å²) in [6, 6.07) is 9.09. The van der Waals surface area contributed by atoms with Crippen molar-refractivity contribution in [1.29, 1.82) is 0 Å². The second-order valence-electron chi connectivity index (χ2n) is 4.76. The van der Waals surface area contributed by atoms with Crippen LogP contribution in [-0.4, -0.2) is 29.0 Å². The Morgan fingerprint density at radius 1 is 1.31 bits per heavy atom. The summed E-state index contributed by atoms with van der Waals surface area (Å²) in [5.74, 6) is 0.666. The van der Waals surface area contributed by atoms with Crippen LogP contribution in [0.25, 0.3) is 10.2 Å². The average Bonchev–Trinajstić information content (AvgIpc) is 2.57. The molecule has 0 spiro atoms. The third-order valence-corrected chi connectivity index (χ3v) is 4.50. The summed E-state index contributed by atoms with van der Waals surface area (Å²) in [6.45, 7) is 6.87. The molecule has 1 aromatic heterocycles. The highest BCUT2D eigenvalue weighted by molar-refractivity contribution is 7.18. The summed E-state index contributed by atoms with van der Waals surface area (Å²) >= 11 is 1.86. The lowest BCUT2D eigenvalue weighted by Crippen LogP contribution is -2.48. The molecule has 0 aliphatic carbocycles. The van der Waals surface area contributed by atoms with Gasteiger partial charge in [-0.15, -0.1) is 11.3 Å². The Bertz CT molecular complexity index is 464. The fourth-order valence-corrected chi connectivity index (χ4v) is 3.21. The third kappa shape index (κ3) is 1.64. The van der Waals surface area contributed by atoms with Gasteiger partial charge in [0.25, 0.3) is 0 Å². The van der Waals surface area contributed by atoms with Gasteiger partial charge in [-0.2, -0.15) is 0 Å². The smallest absolute Gasteiger partial charge is 0.0995 e. The van der Waals surface area contributed by atoms with Gasteiger partial charge in [-0.05, 0) is 26.0 Å². The fraction of sp³-hybridized carbons (Fsp3) is 0.462. The molecule has 1 saturated heterocycles. The summed E-state index contributed by atoms with van der Waals surface area (Å²) in [5.41, 5.74) is 1.16. The van der Waals surface area contributed by atoms with Crippen molar-refractivity contribution in [3.05, 3.63) is 29.3 Å². The van der Waals surface area contributed by atoms with Crippen molar-refractivity contribution in [2.24, 2.45) is 0 Å². The Labute approximate surface area is 99.9 Å². The number of benzene rings is 1. The Kier molecular flexibility index (Phi) is 2.45. The zero-order chi connectivity index (χ0) is 11.1. The highest BCUT2D eigenvalue weighted by Crippen LogP contribution is 2.33. The van der Waals surface area contributed by atoms with Crippen molar-refractivity contribution >= 4 is 21.6 Å². The number of likely N-dealkylation sites (tertiary alicyclic amines) is 1. The zero-order valence-corrected chi connectivity index (χ0v) is 10.5. The van der Waals surface area contributed by atoms with Crippen LogP contribution in [0.5, 0.6) is 0 Å². The van der Waals surface area contributed by atoms with Crippen molar-refractivity contribution in [2.45, 2.75) is 25.8 Å². The standard InChI is InChI=1S/C13H16N2S/c1-9(2)15-7-10(8-15)13-14-11-5-3-4-6-12(11)16-13/h3-6,9-10H,7-8H2,1-2H3. The van der Waals surface area contributed by atoms with E-state index in [2.05, 4.69) is 43.0 Å². The van der Waals surface area contributed by atoms with Crippen molar-refractivity contribution in [1.82, 2.24) is 9.88 Å². The SMILES string of the molecule is CC(C)N1CC(c2nc3ccccc3s2)C1. The van der Waals surface area contributed by atoms with Crippen LogP contribution in [0.15, 0.2) is 24.3 Å². The van der Waals surface area contributed by atoms with Gasteiger partial charge in [0, 0.05) is 25.0 Å². The van der Waals surface area contributed by atoms with Crippen LogP contribution in [0.1, 0.15) is 24.8 Å². The van der Waals surface area contributed by atoms with Crippen LogP contribution >= 0.6 is 11.3 Å². The van der Waals surface area contributed by atoms with E-state index in [9.17, 15) is 0 Å². The molecular weight excluding hydrogens is 216 g/mol. The molecule has 0 saturated carbocycles. The van der Waals surface area contributed by atoms with Crippen LogP contribution < -0.4 is 0 Å². The second kappa shape index (κ2) is 3.82. The van der Waals surface area contributed by atoms with Gasteiger partial charge < -0.3 is 0 Å². The quantitative estimate of drug-likeness (QED) is 0.791. The zero-order valence-electron chi connectivity index (χ0n) is 9.68. The van der Waals surface area contributed by atoms with E-state index in [1.807, 2.05) is 11.3 Å². The maximum absolute atomic E-state index is 4.72. The van der Waals surface area contributed by atoms with Crippen LogP contribution in [0, 0.1) is 0 Å². The number of aromatic nitrogens is 1. The van der Waals surface area contributed by atoms with Crippen LogP contribution in [0.2, 0.25) is 0 Å². The molecule has 84 valence electrons. The van der Waals surface area contributed by atoms with E-state index in [0.29, 0.717) is 12.0 Å². The van der Waals surface area contributed by atoms with E-state index in [0.717, 1.165) is 5.52 Å².